The zero-order valence-electron chi connectivity index (χ0n) is 16.9. The molecule has 0 unspecified atom stereocenters. The van der Waals surface area contributed by atoms with Crippen molar-refractivity contribution in [3.8, 4) is 0 Å². The van der Waals surface area contributed by atoms with E-state index >= 15 is 0 Å². The van der Waals surface area contributed by atoms with Gasteiger partial charge in [-0.25, -0.2) is 12.7 Å². The van der Waals surface area contributed by atoms with Gasteiger partial charge in [0.25, 0.3) is 0 Å². The number of nitrogens with zero attached hydrogens (tertiary/aromatic N) is 1. The molecule has 1 aliphatic rings. The van der Waals surface area contributed by atoms with Gasteiger partial charge in [-0.15, -0.1) is 0 Å². The molecule has 0 saturated carbocycles. The van der Waals surface area contributed by atoms with E-state index in [1.54, 1.807) is 7.05 Å². The minimum atomic E-state index is -3.64. The van der Waals surface area contributed by atoms with E-state index in [4.69, 9.17) is 4.74 Å². The summed E-state index contributed by atoms with van der Waals surface area (Å²) in [6, 6.07) is 3.88. The molecule has 1 fully saturated rings. The van der Waals surface area contributed by atoms with Crippen molar-refractivity contribution in [2.75, 3.05) is 33.4 Å². The summed E-state index contributed by atoms with van der Waals surface area (Å²) in [5.74, 6) is 0. The highest BCUT2D eigenvalue weighted by Gasteiger charge is 2.37. The Kier molecular flexibility index (Phi) is 6.23. The summed E-state index contributed by atoms with van der Waals surface area (Å²) < 4.78 is 33.5. The van der Waals surface area contributed by atoms with E-state index in [0.29, 0.717) is 37.5 Å². The van der Waals surface area contributed by atoms with E-state index in [1.807, 2.05) is 19.9 Å². The molecule has 1 aromatic rings. The normalized spacial score (nSPS) is 18.3. The molecule has 2 rings (SSSR count). The maximum atomic E-state index is 13.3. The van der Waals surface area contributed by atoms with Crippen molar-refractivity contribution in [2.45, 2.75) is 57.8 Å². The van der Waals surface area contributed by atoms with Crippen LogP contribution in [0.15, 0.2) is 17.0 Å². The van der Waals surface area contributed by atoms with E-state index in [0.717, 1.165) is 16.7 Å². The van der Waals surface area contributed by atoms with Crippen LogP contribution >= 0.6 is 0 Å². The number of rotatable bonds is 5. The van der Waals surface area contributed by atoms with Gasteiger partial charge < -0.3 is 9.84 Å². The molecular weight excluding hydrogens is 350 g/mol. The van der Waals surface area contributed by atoms with Crippen LogP contribution in [0.5, 0.6) is 0 Å². The van der Waals surface area contributed by atoms with Crippen molar-refractivity contribution >= 4 is 10.0 Å². The summed E-state index contributed by atoms with van der Waals surface area (Å²) in [4.78, 5) is 0.366. The van der Waals surface area contributed by atoms with Gasteiger partial charge in [0.15, 0.2) is 0 Å². The van der Waals surface area contributed by atoms with Gasteiger partial charge >= 0.3 is 0 Å². The number of hydrogen-bond acceptors (Lipinski definition) is 4. The SMILES string of the molecule is Cc1cc(C(C)(C)C)cc(S(=O)(=O)N(C)CC2(CO)CCOCC2)c1C. The molecule has 26 heavy (non-hydrogen) atoms. The second-order valence-corrected chi connectivity index (χ2v) is 10.7. The number of aliphatic hydroxyl groups excluding tert-OH is 1. The first-order valence-electron chi connectivity index (χ1n) is 9.20. The third-order valence-electron chi connectivity index (χ3n) is 5.62. The van der Waals surface area contributed by atoms with Crippen LogP contribution in [0.2, 0.25) is 0 Å². The van der Waals surface area contributed by atoms with Gasteiger partial charge in [-0.05, 0) is 54.9 Å². The summed E-state index contributed by atoms with van der Waals surface area (Å²) in [6.07, 6.45) is 1.34. The van der Waals surface area contributed by atoms with Crippen LogP contribution < -0.4 is 0 Å². The van der Waals surface area contributed by atoms with Crippen molar-refractivity contribution in [1.82, 2.24) is 4.31 Å². The first-order valence-corrected chi connectivity index (χ1v) is 10.6. The van der Waals surface area contributed by atoms with Gasteiger partial charge in [0.1, 0.15) is 0 Å². The highest BCUT2D eigenvalue weighted by molar-refractivity contribution is 7.89. The van der Waals surface area contributed by atoms with Crippen LogP contribution in [0.1, 0.15) is 50.3 Å². The number of aliphatic hydroxyl groups is 1. The Hall–Kier alpha value is -0.950. The molecule has 0 atom stereocenters. The zero-order chi connectivity index (χ0) is 19.8. The number of sulfonamides is 1. The predicted molar refractivity (Wildman–Crippen MR) is 104 cm³/mol. The zero-order valence-corrected chi connectivity index (χ0v) is 17.7. The standard InChI is InChI=1S/C20H33NO4S/c1-15-11-17(19(3,4)5)12-18(16(15)2)26(23,24)21(6)13-20(14-22)7-9-25-10-8-20/h11-12,22H,7-10,13-14H2,1-6H3. The molecular formula is C20H33NO4S. The van der Waals surface area contributed by atoms with Gasteiger partial charge in [0.05, 0.1) is 11.5 Å². The molecule has 0 aromatic heterocycles. The van der Waals surface area contributed by atoms with Crippen LogP contribution in [0.4, 0.5) is 0 Å². The molecule has 0 spiro atoms. The highest BCUT2D eigenvalue weighted by atomic mass is 32.2. The lowest BCUT2D eigenvalue weighted by Gasteiger charge is -2.38. The fourth-order valence-corrected chi connectivity index (χ4v) is 5.03. The summed E-state index contributed by atoms with van der Waals surface area (Å²) in [6.45, 7) is 11.5. The molecule has 148 valence electrons. The molecule has 0 amide bonds. The average molecular weight is 384 g/mol. The van der Waals surface area contributed by atoms with E-state index in [1.165, 1.54) is 4.31 Å². The maximum Gasteiger partial charge on any atom is 0.243 e. The lowest BCUT2D eigenvalue weighted by atomic mass is 9.81. The van der Waals surface area contributed by atoms with Crippen LogP contribution in [0.25, 0.3) is 0 Å². The molecule has 1 heterocycles. The minimum absolute atomic E-state index is 0.0315. The molecule has 6 heteroatoms. The third-order valence-corrected chi connectivity index (χ3v) is 7.55. The van der Waals surface area contributed by atoms with Crippen LogP contribution in [-0.2, 0) is 20.2 Å². The van der Waals surface area contributed by atoms with Crippen LogP contribution in [-0.4, -0.2) is 51.2 Å². The highest BCUT2D eigenvalue weighted by Crippen LogP contribution is 2.34. The summed E-state index contributed by atoms with van der Waals surface area (Å²) in [5.41, 5.74) is 2.22. The van der Waals surface area contributed by atoms with Gasteiger partial charge in [-0.3, -0.25) is 0 Å². The lowest BCUT2D eigenvalue weighted by molar-refractivity contribution is -0.0224. The Bertz CT molecular complexity index is 744. The monoisotopic (exact) mass is 383 g/mol. The predicted octanol–water partition coefficient (Wildman–Crippen LogP) is 3.01. The van der Waals surface area contributed by atoms with Gasteiger partial charge in [-0.2, -0.15) is 0 Å². The van der Waals surface area contributed by atoms with Gasteiger partial charge in [0, 0.05) is 32.2 Å². The van der Waals surface area contributed by atoms with Crippen molar-refractivity contribution in [1.29, 1.82) is 0 Å². The second-order valence-electron chi connectivity index (χ2n) is 8.70. The van der Waals surface area contributed by atoms with Crippen LogP contribution in [0, 0.1) is 19.3 Å². The fraction of sp³-hybridized carbons (Fsp3) is 0.700. The Labute approximate surface area is 158 Å². The van der Waals surface area contributed by atoms with Crippen molar-refractivity contribution < 1.29 is 18.3 Å². The molecule has 1 aliphatic heterocycles. The Morgan fingerprint density at radius 2 is 1.77 bits per heavy atom. The fourth-order valence-electron chi connectivity index (χ4n) is 3.42. The molecule has 1 N–H and O–H groups in total. The van der Waals surface area contributed by atoms with E-state index in [2.05, 4.69) is 26.8 Å². The number of hydrogen-bond donors (Lipinski definition) is 1. The Morgan fingerprint density at radius 1 is 1.19 bits per heavy atom. The summed E-state index contributed by atoms with van der Waals surface area (Å²) >= 11 is 0. The number of aryl methyl sites for hydroxylation is 1. The molecule has 1 saturated heterocycles. The van der Waals surface area contributed by atoms with Crippen molar-refractivity contribution in [3.05, 3.63) is 28.8 Å². The van der Waals surface area contributed by atoms with Crippen molar-refractivity contribution in [3.63, 3.8) is 0 Å². The Balaban J connectivity index is 2.41. The van der Waals surface area contributed by atoms with Crippen LogP contribution in [0.3, 0.4) is 0 Å². The quantitative estimate of drug-likeness (QED) is 0.849. The topological polar surface area (TPSA) is 66.8 Å². The van der Waals surface area contributed by atoms with Crippen molar-refractivity contribution in [2.24, 2.45) is 5.41 Å². The average Bonchev–Trinajstić information content (AvgIpc) is 2.56. The Morgan fingerprint density at radius 3 is 2.27 bits per heavy atom. The van der Waals surface area contributed by atoms with Gasteiger partial charge in [-0.1, -0.05) is 26.8 Å². The largest absolute Gasteiger partial charge is 0.396 e. The molecule has 1 aromatic carbocycles. The smallest absolute Gasteiger partial charge is 0.243 e. The van der Waals surface area contributed by atoms with E-state index in [-0.39, 0.29) is 12.0 Å². The lowest BCUT2D eigenvalue weighted by Crippen LogP contribution is -2.44. The molecule has 0 radical (unpaired) electrons. The van der Waals surface area contributed by atoms with E-state index < -0.39 is 15.4 Å². The molecule has 5 nitrogen and oxygen atoms in total. The summed E-state index contributed by atoms with van der Waals surface area (Å²) in [5, 5.41) is 9.90. The first-order chi connectivity index (χ1) is 11.9. The first kappa shape index (κ1) is 21.4. The molecule has 0 bridgehead atoms. The third kappa shape index (κ3) is 4.30. The summed E-state index contributed by atoms with van der Waals surface area (Å²) in [7, 11) is -2.03. The maximum absolute atomic E-state index is 13.3. The van der Waals surface area contributed by atoms with E-state index in [9.17, 15) is 13.5 Å². The van der Waals surface area contributed by atoms with Gasteiger partial charge in [0.2, 0.25) is 10.0 Å². The number of ether oxygens (including phenoxy) is 1. The molecule has 0 aliphatic carbocycles. The number of benzene rings is 1. The second kappa shape index (κ2) is 7.58. The minimum Gasteiger partial charge on any atom is -0.396 e.